The number of methoxy groups -OCH3 is 1. The molecule has 0 saturated heterocycles. The number of aliphatic hydroxyl groups is 1. The first kappa shape index (κ1) is 18.0. The number of ether oxygens (including phenoxy) is 1. The van der Waals surface area contributed by atoms with Crippen LogP contribution in [0.25, 0.3) is 0 Å². The summed E-state index contributed by atoms with van der Waals surface area (Å²) in [7, 11) is 1.62. The molecular formula is C18H31NO2. The zero-order valence-electron chi connectivity index (χ0n) is 13.7. The molecule has 120 valence electrons. The molecule has 0 aromatic carbocycles. The second kappa shape index (κ2) is 11.6. The van der Waals surface area contributed by atoms with Crippen LogP contribution in [0.4, 0.5) is 0 Å². The van der Waals surface area contributed by atoms with E-state index in [1.807, 2.05) is 12.1 Å². The predicted octanol–water partition coefficient (Wildman–Crippen LogP) is 5.04. The average Bonchev–Trinajstić information content (AvgIpc) is 2.53. The minimum Gasteiger partial charge on any atom is -0.495 e. The predicted molar refractivity (Wildman–Crippen MR) is 87.6 cm³/mol. The van der Waals surface area contributed by atoms with Crippen LogP contribution < -0.4 is 4.74 Å². The largest absolute Gasteiger partial charge is 0.495 e. The molecule has 1 heterocycles. The molecule has 3 nitrogen and oxygen atoms in total. The van der Waals surface area contributed by atoms with Crippen LogP contribution in [0.1, 0.15) is 82.9 Å². The molecule has 21 heavy (non-hydrogen) atoms. The fourth-order valence-electron chi connectivity index (χ4n) is 2.61. The van der Waals surface area contributed by atoms with E-state index < -0.39 is 6.10 Å². The van der Waals surface area contributed by atoms with Gasteiger partial charge in [0, 0.05) is 6.20 Å². The van der Waals surface area contributed by atoms with Gasteiger partial charge >= 0.3 is 0 Å². The Bertz CT molecular complexity index is 368. The van der Waals surface area contributed by atoms with Gasteiger partial charge in [0.15, 0.2) is 0 Å². The van der Waals surface area contributed by atoms with Crippen molar-refractivity contribution in [2.75, 3.05) is 7.11 Å². The van der Waals surface area contributed by atoms with Crippen LogP contribution >= 0.6 is 0 Å². The Balaban J connectivity index is 2.09. The Morgan fingerprint density at radius 3 is 2.29 bits per heavy atom. The quantitative estimate of drug-likeness (QED) is 0.549. The van der Waals surface area contributed by atoms with E-state index in [4.69, 9.17) is 4.74 Å². The summed E-state index contributed by atoms with van der Waals surface area (Å²) >= 11 is 0. The number of hydrogen-bond donors (Lipinski definition) is 1. The van der Waals surface area contributed by atoms with Gasteiger partial charge in [0.05, 0.1) is 13.2 Å². The van der Waals surface area contributed by atoms with E-state index in [2.05, 4.69) is 11.9 Å². The highest BCUT2D eigenvalue weighted by Gasteiger charge is 2.13. The number of aliphatic hydroxyl groups excluding tert-OH is 1. The smallest absolute Gasteiger partial charge is 0.143 e. The van der Waals surface area contributed by atoms with Gasteiger partial charge in [0.1, 0.15) is 11.4 Å². The maximum absolute atomic E-state index is 10.2. The Labute approximate surface area is 129 Å². The first-order valence-electron chi connectivity index (χ1n) is 8.46. The van der Waals surface area contributed by atoms with E-state index >= 15 is 0 Å². The Hall–Kier alpha value is -1.09. The molecule has 1 aromatic heterocycles. The third-order valence-corrected chi connectivity index (χ3v) is 3.92. The van der Waals surface area contributed by atoms with Crippen molar-refractivity contribution in [1.82, 2.24) is 4.98 Å². The second-order valence-electron chi connectivity index (χ2n) is 5.72. The highest BCUT2D eigenvalue weighted by molar-refractivity contribution is 5.28. The summed E-state index contributed by atoms with van der Waals surface area (Å²) in [5.74, 6) is 0.681. The molecule has 3 heteroatoms. The molecule has 1 aromatic rings. The van der Waals surface area contributed by atoms with Crippen molar-refractivity contribution < 1.29 is 9.84 Å². The zero-order chi connectivity index (χ0) is 15.3. The van der Waals surface area contributed by atoms with Crippen LogP contribution in [0.5, 0.6) is 5.75 Å². The van der Waals surface area contributed by atoms with Crippen molar-refractivity contribution >= 4 is 0 Å². The summed E-state index contributed by atoms with van der Waals surface area (Å²) in [5.41, 5.74) is 0.666. The van der Waals surface area contributed by atoms with Crippen molar-refractivity contribution in [1.29, 1.82) is 0 Å². The van der Waals surface area contributed by atoms with Gasteiger partial charge in [-0.1, -0.05) is 64.7 Å². The molecule has 0 spiro atoms. The van der Waals surface area contributed by atoms with Gasteiger partial charge in [-0.25, -0.2) is 0 Å². The van der Waals surface area contributed by atoms with Crippen LogP contribution in [-0.2, 0) is 0 Å². The lowest BCUT2D eigenvalue weighted by Gasteiger charge is -2.13. The standard InChI is InChI=1S/C18H31NO2/c1-3-4-5-6-7-8-9-10-11-13-16(20)18-17(21-2)14-12-15-19-18/h12,14-16,20H,3-11,13H2,1-2H3. The normalized spacial score (nSPS) is 12.3. The molecule has 0 aliphatic heterocycles. The molecule has 0 radical (unpaired) electrons. The lowest BCUT2D eigenvalue weighted by molar-refractivity contribution is 0.154. The van der Waals surface area contributed by atoms with Crippen LogP contribution in [-0.4, -0.2) is 17.2 Å². The number of hydrogen-bond acceptors (Lipinski definition) is 3. The van der Waals surface area contributed by atoms with Gasteiger partial charge in [0.25, 0.3) is 0 Å². The van der Waals surface area contributed by atoms with Crippen LogP contribution in [0.2, 0.25) is 0 Å². The van der Waals surface area contributed by atoms with Gasteiger partial charge in [0.2, 0.25) is 0 Å². The van der Waals surface area contributed by atoms with Gasteiger partial charge in [-0.3, -0.25) is 4.98 Å². The minimum absolute atomic E-state index is 0.509. The Morgan fingerprint density at radius 2 is 1.67 bits per heavy atom. The average molecular weight is 293 g/mol. The lowest BCUT2D eigenvalue weighted by atomic mass is 10.0. The Morgan fingerprint density at radius 1 is 1.05 bits per heavy atom. The third kappa shape index (κ3) is 7.47. The molecule has 0 saturated carbocycles. The summed E-state index contributed by atoms with van der Waals surface area (Å²) in [5, 5.41) is 10.2. The van der Waals surface area contributed by atoms with Crippen molar-refractivity contribution in [3.8, 4) is 5.75 Å². The van der Waals surface area contributed by atoms with Gasteiger partial charge in [-0.05, 0) is 18.6 Å². The van der Waals surface area contributed by atoms with E-state index in [-0.39, 0.29) is 0 Å². The van der Waals surface area contributed by atoms with E-state index in [0.717, 1.165) is 12.8 Å². The summed E-state index contributed by atoms with van der Waals surface area (Å²) < 4.78 is 5.24. The monoisotopic (exact) mass is 293 g/mol. The summed E-state index contributed by atoms with van der Waals surface area (Å²) in [6.45, 7) is 2.25. The minimum atomic E-state index is -0.509. The molecule has 0 fully saturated rings. The summed E-state index contributed by atoms with van der Waals surface area (Å²) in [6, 6.07) is 3.68. The van der Waals surface area contributed by atoms with Crippen LogP contribution in [0, 0.1) is 0 Å². The first-order chi connectivity index (χ1) is 10.3. The van der Waals surface area contributed by atoms with Gasteiger partial charge in [-0.15, -0.1) is 0 Å². The van der Waals surface area contributed by atoms with Crippen LogP contribution in [0.3, 0.4) is 0 Å². The molecule has 1 N–H and O–H groups in total. The Kier molecular flexibility index (Phi) is 9.88. The van der Waals surface area contributed by atoms with Gasteiger partial charge in [-0.2, -0.15) is 0 Å². The molecule has 0 aliphatic rings. The van der Waals surface area contributed by atoms with Crippen molar-refractivity contribution in [3.63, 3.8) is 0 Å². The first-order valence-corrected chi connectivity index (χ1v) is 8.46. The third-order valence-electron chi connectivity index (χ3n) is 3.92. The van der Waals surface area contributed by atoms with E-state index in [9.17, 15) is 5.11 Å². The topological polar surface area (TPSA) is 42.4 Å². The number of aromatic nitrogens is 1. The van der Waals surface area contributed by atoms with E-state index in [1.165, 1.54) is 51.4 Å². The summed E-state index contributed by atoms with van der Waals surface area (Å²) in [4.78, 5) is 4.23. The van der Waals surface area contributed by atoms with Crippen molar-refractivity contribution in [3.05, 3.63) is 24.0 Å². The van der Waals surface area contributed by atoms with Crippen molar-refractivity contribution in [2.24, 2.45) is 0 Å². The molecular weight excluding hydrogens is 262 g/mol. The van der Waals surface area contributed by atoms with Gasteiger partial charge < -0.3 is 9.84 Å². The van der Waals surface area contributed by atoms with Crippen LogP contribution in [0.15, 0.2) is 18.3 Å². The fraction of sp³-hybridized carbons (Fsp3) is 0.722. The van der Waals surface area contributed by atoms with E-state index in [0.29, 0.717) is 11.4 Å². The molecule has 0 amide bonds. The summed E-state index contributed by atoms with van der Waals surface area (Å²) in [6.07, 6.45) is 13.6. The fourth-order valence-corrected chi connectivity index (χ4v) is 2.61. The van der Waals surface area contributed by atoms with E-state index in [1.54, 1.807) is 13.3 Å². The molecule has 0 bridgehead atoms. The zero-order valence-corrected chi connectivity index (χ0v) is 13.7. The number of nitrogens with zero attached hydrogens (tertiary/aromatic N) is 1. The van der Waals surface area contributed by atoms with Crippen molar-refractivity contribution in [2.45, 2.75) is 77.2 Å². The highest BCUT2D eigenvalue weighted by atomic mass is 16.5. The lowest BCUT2D eigenvalue weighted by Crippen LogP contribution is -2.03. The SMILES string of the molecule is CCCCCCCCCCCC(O)c1ncccc1OC. The number of unbranched alkanes of at least 4 members (excludes halogenated alkanes) is 8. The second-order valence-corrected chi connectivity index (χ2v) is 5.72. The highest BCUT2D eigenvalue weighted by Crippen LogP contribution is 2.26. The molecule has 1 atom stereocenters. The molecule has 0 aliphatic carbocycles. The molecule has 1 unspecified atom stereocenters. The maximum Gasteiger partial charge on any atom is 0.143 e. The number of rotatable bonds is 12. The molecule has 1 rings (SSSR count). The maximum atomic E-state index is 10.2. The number of pyridine rings is 1.